The van der Waals surface area contributed by atoms with Gasteiger partial charge in [0, 0.05) is 6.54 Å². The lowest BCUT2D eigenvalue weighted by atomic mass is 10.1. The van der Waals surface area contributed by atoms with Crippen LogP contribution in [-0.2, 0) is 9.59 Å². The third-order valence-electron chi connectivity index (χ3n) is 3.40. The molecule has 0 aliphatic carbocycles. The molecule has 0 saturated carbocycles. The van der Waals surface area contributed by atoms with Gasteiger partial charge < -0.3 is 15.4 Å². The minimum absolute atomic E-state index is 0.285. The van der Waals surface area contributed by atoms with E-state index in [9.17, 15) is 9.59 Å². The summed E-state index contributed by atoms with van der Waals surface area (Å²) in [7, 11) is 0. The van der Waals surface area contributed by atoms with Gasteiger partial charge in [-0.3, -0.25) is 9.59 Å². The van der Waals surface area contributed by atoms with Crippen LogP contribution >= 0.6 is 0 Å². The minimum Gasteiger partial charge on any atom is -0.492 e. The molecule has 0 atom stereocenters. The molecule has 0 saturated heterocycles. The Morgan fingerprint density at radius 2 is 1.65 bits per heavy atom. The largest absolute Gasteiger partial charge is 0.492 e. The van der Waals surface area contributed by atoms with Crippen molar-refractivity contribution in [3.8, 4) is 5.75 Å². The van der Waals surface area contributed by atoms with Gasteiger partial charge in [-0.25, -0.2) is 0 Å². The number of nitrogens with one attached hydrogen (secondary N) is 2. The van der Waals surface area contributed by atoms with Crippen molar-refractivity contribution in [2.45, 2.75) is 19.8 Å². The second kappa shape index (κ2) is 8.78. The third-order valence-corrected chi connectivity index (χ3v) is 3.40. The highest BCUT2D eigenvalue weighted by Crippen LogP contribution is 2.20. The Balaban J connectivity index is 1.71. The van der Waals surface area contributed by atoms with E-state index in [0.29, 0.717) is 13.2 Å². The summed E-state index contributed by atoms with van der Waals surface area (Å²) in [6, 6.07) is 13.9. The van der Waals surface area contributed by atoms with E-state index in [1.54, 1.807) is 0 Å². The lowest BCUT2D eigenvalue weighted by Crippen LogP contribution is -2.41. The maximum atomic E-state index is 11.5. The summed E-state index contributed by atoms with van der Waals surface area (Å²) in [6.45, 7) is 3.14. The number of unbranched alkanes of at least 4 members (excludes halogenated alkanes) is 1. The summed E-state index contributed by atoms with van der Waals surface area (Å²) >= 11 is 0. The van der Waals surface area contributed by atoms with Crippen LogP contribution < -0.4 is 15.4 Å². The van der Waals surface area contributed by atoms with Gasteiger partial charge in [0.1, 0.15) is 12.4 Å². The van der Waals surface area contributed by atoms with Gasteiger partial charge in [0.05, 0.1) is 6.54 Å². The van der Waals surface area contributed by atoms with Gasteiger partial charge >= 0.3 is 11.8 Å². The smallest absolute Gasteiger partial charge is 0.309 e. The normalized spacial score (nSPS) is 10.3. The predicted octanol–water partition coefficient (Wildman–Crippen LogP) is 2.25. The number of benzene rings is 2. The van der Waals surface area contributed by atoms with Gasteiger partial charge in [-0.15, -0.1) is 0 Å². The van der Waals surface area contributed by atoms with Crippen LogP contribution in [0.2, 0.25) is 0 Å². The van der Waals surface area contributed by atoms with Crippen LogP contribution in [0.5, 0.6) is 5.75 Å². The molecule has 2 amide bonds. The monoisotopic (exact) mass is 314 g/mol. The molecule has 2 aromatic rings. The number of rotatable bonds is 7. The van der Waals surface area contributed by atoms with E-state index in [1.807, 2.05) is 49.4 Å². The Kier molecular flexibility index (Phi) is 6.41. The summed E-state index contributed by atoms with van der Waals surface area (Å²) in [5.74, 6) is -0.474. The first-order valence-corrected chi connectivity index (χ1v) is 7.88. The van der Waals surface area contributed by atoms with Gasteiger partial charge in [-0.05, 0) is 29.3 Å². The fourth-order valence-corrected chi connectivity index (χ4v) is 2.13. The number of carbonyl (C=O) groups excluding carboxylic acids is 2. The molecular formula is C18H22N2O3. The van der Waals surface area contributed by atoms with Crippen LogP contribution in [0.1, 0.15) is 19.8 Å². The highest BCUT2D eigenvalue weighted by atomic mass is 16.5. The summed E-state index contributed by atoms with van der Waals surface area (Å²) in [6.07, 6.45) is 1.84. The first-order valence-electron chi connectivity index (χ1n) is 7.88. The van der Waals surface area contributed by atoms with Gasteiger partial charge in [0.15, 0.2) is 0 Å². The molecule has 5 heteroatoms. The molecule has 122 valence electrons. The summed E-state index contributed by atoms with van der Waals surface area (Å²) in [5, 5.41) is 7.36. The summed E-state index contributed by atoms with van der Waals surface area (Å²) in [5.41, 5.74) is 0. The summed E-state index contributed by atoms with van der Waals surface area (Å²) < 4.78 is 5.60. The van der Waals surface area contributed by atoms with E-state index in [1.165, 1.54) is 0 Å². The molecule has 0 aromatic heterocycles. The van der Waals surface area contributed by atoms with Crippen LogP contribution in [0.3, 0.4) is 0 Å². The van der Waals surface area contributed by atoms with E-state index in [2.05, 4.69) is 10.6 Å². The molecule has 2 aromatic carbocycles. The maximum Gasteiger partial charge on any atom is 0.309 e. The lowest BCUT2D eigenvalue weighted by Gasteiger charge is -2.09. The summed E-state index contributed by atoms with van der Waals surface area (Å²) in [4.78, 5) is 23.0. The third kappa shape index (κ3) is 5.29. The standard InChI is InChI=1S/C18H22N2O3/c1-2-3-10-19-17(21)18(22)20-11-12-23-16-9-8-14-6-4-5-7-15(14)13-16/h4-9,13H,2-3,10-12H2,1H3,(H,19,21)(H,20,22). The second-order valence-electron chi connectivity index (χ2n) is 5.22. The first-order chi connectivity index (χ1) is 11.2. The Labute approximate surface area is 136 Å². The van der Waals surface area contributed by atoms with Gasteiger partial charge in [0.2, 0.25) is 0 Å². The van der Waals surface area contributed by atoms with Crippen molar-refractivity contribution >= 4 is 22.6 Å². The molecule has 0 aliphatic heterocycles. The zero-order valence-electron chi connectivity index (χ0n) is 13.3. The van der Waals surface area contributed by atoms with E-state index < -0.39 is 11.8 Å². The molecule has 0 bridgehead atoms. The fraction of sp³-hybridized carbons (Fsp3) is 0.333. The minimum atomic E-state index is -0.622. The van der Waals surface area contributed by atoms with Crippen LogP contribution in [0.25, 0.3) is 10.8 Å². The molecule has 2 rings (SSSR count). The van der Waals surface area contributed by atoms with E-state index >= 15 is 0 Å². The average Bonchev–Trinajstić information content (AvgIpc) is 2.58. The Hall–Kier alpha value is -2.56. The van der Waals surface area contributed by atoms with Gasteiger partial charge in [-0.1, -0.05) is 43.7 Å². The Morgan fingerprint density at radius 1 is 0.957 bits per heavy atom. The van der Waals surface area contributed by atoms with Gasteiger partial charge in [-0.2, -0.15) is 0 Å². The van der Waals surface area contributed by atoms with E-state index in [4.69, 9.17) is 4.74 Å². The molecule has 0 fully saturated rings. The topological polar surface area (TPSA) is 67.4 Å². The second-order valence-corrected chi connectivity index (χ2v) is 5.22. The van der Waals surface area contributed by atoms with Crippen LogP contribution in [-0.4, -0.2) is 31.5 Å². The molecule has 0 unspecified atom stereocenters. The fourth-order valence-electron chi connectivity index (χ4n) is 2.13. The molecule has 0 heterocycles. The Bertz CT molecular complexity index is 670. The van der Waals surface area contributed by atoms with E-state index in [0.717, 1.165) is 29.4 Å². The van der Waals surface area contributed by atoms with Crippen molar-refractivity contribution in [3.63, 3.8) is 0 Å². The van der Waals surface area contributed by atoms with E-state index in [-0.39, 0.29) is 6.54 Å². The zero-order valence-corrected chi connectivity index (χ0v) is 13.3. The number of carbonyl (C=O) groups is 2. The quantitative estimate of drug-likeness (QED) is 0.608. The van der Waals surface area contributed by atoms with Crippen molar-refractivity contribution in [1.29, 1.82) is 0 Å². The van der Waals surface area contributed by atoms with Crippen molar-refractivity contribution in [3.05, 3.63) is 42.5 Å². The number of ether oxygens (including phenoxy) is 1. The zero-order chi connectivity index (χ0) is 16.5. The van der Waals surface area contributed by atoms with Crippen LogP contribution in [0.4, 0.5) is 0 Å². The van der Waals surface area contributed by atoms with Crippen molar-refractivity contribution < 1.29 is 14.3 Å². The molecule has 23 heavy (non-hydrogen) atoms. The molecule has 2 N–H and O–H groups in total. The molecular weight excluding hydrogens is 292 g/mol. The number of hydrogen-bond acceptors (Lipinski definition) is 3. The number of fused-ring (bicyclic) bond motifs is 1. The highest BCUT2D eigenvalue weighted by molar-refractivity contribution is 6.35. The molecule has 0 aliphatic rings. The Morgan fingerprint density at radius 3 is 2.39 bits per heavy atom. The number of hydrogen-bond donors (Lipinski definition) is 2. The van der Waals surface area contributed by atoms with Gasteiger partial charge in [0.25, 0.3) is 0 Å². The molecule has 0 radical (unpaired) electrons. The van der Waals surface area contributed by atoms with Crippen molar-refractivity contribution in [1.82, 2.24) is 10.6 Å². The maximum absolute atomic E-state index is 11.5. The van der Waals surface area contributed by atoms with Crippen molar-refractivity contribution in [2.75, 3.05) is 19.7 Å². The highest BCUT2D eigenvalue weighted by Gasteiger charge is 2.11. The first kappa shape index (κ1) is 16.8. The molecule has 5 nitrogen and oxygen atoms in total. The van der Waals surface area contributed by atoms with Crippen LogP contribution in [0.15, 0.2) is 42.5 Å². The van der Waals surface area contributed by atoms with Crippen LogP contribution in [0, 0.1) is 0 Å². The SMILES string of the molecule is CCCCNC(=O)C(=O)NCCOc1ccc2ccccc2c1. The predicted molar refractivity (Wildman–Crippen MR) is 90.4 cm³/mol. The lowest BCUT2D eigenvalue weighted by molar-refractivity contribution is -0.139. The molecule has 0 spiro atoms. The average molecular weight is 314 g/mol. The van der Waals surface area contributed by atoms with Crippen molar-refractivity contribution in [2.24, 2.45) is 0 Å². The number of amides is 2.